The molecule has 2 amide bonds. The number of methoxy groups -OCH3 is 2. The van der Waals surface area contributed by atoms with Crippen LogP contribution in [0.5, 0.6) is 28.7 Å². The van der Waals surface area contributed by atoms with E-state index in [1.54, 1.807) is 6.92 Å². The molecule has 0 aliphatic heterocycles. The van der Waals surface area contributed by atoms with Gasteiger partial charge in [-0.15, -0.1) is 13.2 Å². The maximum Gasteiger partial charge on any atom is 0.573 e. The Morgan fingerprint density at radius 2 is 1.54 bits per heavy atom. The highest BCUT2D eigenvalue weighted by Crippen LogP contribution is 2.43. The molecule has 0 fully saturated rings. The third-order valence-corrected chi connectivity index (χ3v) is 4.58. The van der Waals surface area contributed by atoms with Crippen LogP contribution >= 0.6 is 0 Å². The number of amides is 2. The van der Waals surface area contributed by atoms with Crippen LogP contribution in [0.2, 0.25) is 0 Å². The number of ether oxygens (including phenoxy) is 4. The van der Waals surface area contributed by atoms with Crippen LogP contribution in [0.15, 0.2) is 48.7 Å². The second kappa shape index (κ2) is 12.7. The molecule has 0 aliphatic rings. The molecule has 1 heterocycles. The number of nitrogens with one attached hydrogen (secondary N) is 1. The first-order chi connectivity index (χ1) is 18.2. The molecule has 2 aromatic carbocycles. The van der Waals surface area contributed by atoms with Crippen molar-refractivity contribution in [2.45, 2.75) is 19.5 Å². The van der Waals surface area contributed by atoms with E-state index in [4.69, 9.17) is 19.0 Å². The Morgan fingerprint density at radius 1 is 0.923 bits per heavy atom. The van der Waals surface area contributed by atoms with E-state index in [0.29, 0.717) is 23.5 Å². The zero-order valence-electron chi connectivity index (χ0n) is 20.4. The Hall–Kier alpha value is -4.69. The van der Waals surface area contributed by atoms with Crippen molar-refractivity contribution in [3.05, 3.63) is 65.5 Å². The van der Waals surface area contributed by atoms with Crippen molar-refractivity contribution < 1.29 is 54.9 Å². The minimum Gasteiger partial charge on any atom is -0.496 e. The van der Waals surface area contributed by atoms with Crippen LogP contribution in [-0.2, 0) is 11.0 Å². The van der Waals surface area contributed by atoms with E-state index in [9.17, 15) is 31.1 Å². The Kier molecular flexibility index (Phi) is 9.95. The summed E-state index contributed by atoms with van der Waals surface area (Å²) in [5.74, 6) is -3.17. The van der Waals surface area contributed by atoms with Crippen LogP contribution in [0, 0.1) is 6.92 Å². The number of carbonyl (C=O) groups excluding carboxylic acids is 2. The monoisotopic (exact) mass is 561 g/mol. The van der Waals surface area contributed by atoms with Crippen LogP contribution in [0.3, 0.4) is 0 Å². The molecular formula is C24H21F6N3O6. The summed E-state index contributed by atoms with van der Waals surface area (Å²) in [4.78, 5) is 25.7. The highest BCUT2D eigenvalue weighted by atomic mass is 19.4. The van der Waals surface area contributed by atoms with E-state index in [1.165, 1.54) is 18.3 Å². The van der Waals surface area contributed by atoms with Gasteiger partial charge < -0.3 is 30.0 Å². The average molecular weight is 561 g/mol. The molecule has 39 heavy (non-hydrogen) atoms. The minimum atomic E-state index is -4.99. The van der Waals surface area contributed by atoms with Gasteiger partial charge in [-0.3, -0.25) is 14.6 Å². The fraction of sp³-hybridized carbons (Fsp3) is 0.208. The molecule has 0 spiro atoms. The lowest BCUT2D eigenvalue weighted by Gasteiger charge is -2.19. The van der Waals surface area contributed by atoms with E-state index in [1.807, 2.05) is 0 Å². The lowest BCUT2D eigenvalue weighted by molar-refractivity contribution is -0.274. The molecule has 0 aliphatic carbocycles. The number of aryl methyl sites for hydroxylation is 1. The summed E-state index contributed by atoms with van der Waals surface area (Å²) in [6, 6.07) is 6.86. The quantitative estimate of drug-likeness (QED) is 0.290. The lowest BCUT2D eigenvalue weighted by atomic mass is 10.1. The number of aromatic nitrogens is 1. The van der Waals surface area contributed by atoms with Gasteiger partial charge in [-0.2, -0.15) is 13.2 Å². The maximum absolute atomic E-state index is 13.5. The number of hydrogen-bond donors (Lipinski definition) is 2. The van der Waals surface area contributed by atoms with Crippen molar-refractivity contribution in [2.75, 3.05) is 19.5 Å². The van der Waals surface area contributed by atoms with Crippen LogP contribution in [0.1, 0.15) is 21.6 Å². The SMILES string of the molecule is COc1cc(OC(F)(F)F)ccc1Oc1cc(C(F)(F)F)cc(OC)c1C(=O)Nc1ccnc(C)c1.NC=O. The Labute approximate surface area is 217 Å². The molecule has 3 rings (SSSR count). The number of primary amides is 1. The van der Waals surface area contributed by atoms with Crippen molar-refractivity contribution in [1.29, 1.82) is 0 Å². The summed E-state index contributed by atoms with van der Waals surface area (Å²) in [6.45, 7) is 1.67. The summed E-state index contributed by atoms with van der Waals surface area (Å²) in [6.07, 6.45) is -8.16. The minimum absolute atomic E-state index is 0.250. The molecular weight excluding hydrogens is 540 g/mol. The van der Waals surface area contributed by atoms with Gasteiger partial charge in [0, 0.05) is 23.6 Å². The predicted octanol–water partition coefficient (Wildman–Crippen LogP) is 5.47. The van der Waals surface area contributed by atoms with Gasteiger partial charge in [-0.1, -0.05) is 0 Å². The second-order valence-electron chi connectivity index (χ2n) is 7.29. The summed E-state index contributed by atoms with van der Waals surface area (Å²) >= 11 is 0. The highest BCUT2D eigenvalue weighted by Gasteiger charge is 2.35. The molecule has 0 bridgehead atoms. The van der Waals surface area contributed by atoms with E-state index in [-0.39, 0.29) is 17.9 Å². The van der Waals surface area contributed by atoms with Crippen molar-refractivity contribution in [1.82, 2.24) is 4.98 Å². The standard InChI is InChI=1S/C23H18F6N2O5.CH3NO/c1-12-8-14(6-7-30-12)31-21(32)20-18(34-3)9-13(22(24,25)26)10-19(20)35-16-5-4-15(11-17(16)33-2)36-23(27,28)29;2-1-3/h4-11H,1-3H3,(H,30,31,32);1H,(H2,2,3). The zero-order chi connectivity index (χ0) is 29.4. The first-order valence-electron chi connectivity index (χ1n) is 10.5. The van der Waals surface area contributed by atoms with Gasteiger partial charge in [0.15, 0.2) is 11.5 Å². The maximum atomic E-state index is 13.5. The predicted molar refractivity (Wildman–Crippen MR) is 125 cm³/mol. The first kappa shape index (κ1) is 30.5. The van der Waals surface area contributed by atoms with E-state index in [2.05, 4.69) is 20.8 Å². The molecule has 3 aromatic rings. The number of carbonyl (C=O) groups is 2. The number of anilines is 1. The molecule has 0 radical (unpaired) electrons. The summed E-state index contributed by atoms with van der Waals surface area (Å²) in [5, 5.41) is 2.53. The Bertz CT molecular complexity index is 1310. The normalized spacial score (nSPS) is 11.0. The number of rotatable bonds is 7. The molecule has 0 saturated heterocycles. The highest BCUT2D eigenvalue weighted by molar-refractivity contribution is 6.08. The number of hydrogen-bond acceptors (Lipinski definition) is 7. The average Bonchev–Trinajstić information content (AvgIpc) is 2.83. The molecule has 15 heteroatoms. The Balaban J connectivity index is 0.00000170. The second-order valence-corrected chi connectivity index (χ2v) is 7.29. The zero-order valence-corrected chi connectivity index (χ0v) is 20.4. The Morgan fingerprint density at radius 3 is 2.08 bits per heavy atom. The van der Waals surface area contributed by atoms with Gasteiger partial charge in [0.25, 0.3) is 5.91 Å². The number of halogens is 6. The van der Waals surface area contributed by atoms with Crippen molar-refractivity contribution >= 4 is 18.0 Å². The molecule has 0 unspecified atom stereocenters. The van der Waals surface area contributed by atoms with Crippen molar-refractivity contribution in [3.8, 4) is 28.7 Å². The number of alkyl halides is 6. The van der Waals surface area contributed by atoms with Gasteiger partial charge in [-0.25, -0.2) is 0 Å². The molecule has 1 aromatic heterocycles. The van der Waals surface area contributed by atoms with Crippen LogP contribution < -0.4 is 30.0 Å². The number of benzene rings is 2. The molecule has 210 valence electrons. The van der Waals surface area contributed by atoms with E-state index in [0.717, 1.165) is 32.4 Å². The van der Waals surface area contributed by atoms with E-state index >= 15 is 0 Å². The number of nitrogens with two attached hydrogens (primary N) is 1. The first-order valence-corrected chi connectivity index (χ1v) is 10.5. The van der Waals surface area contributed by atoms with Gasteiger partial charge in [-0.05, 0) is 43.3 Å². The molecule has 9 nitrogen and oxygen atoms in total. The third kappa shape index (κ3) is 8.69. The summed E-state index contributed by atoms with van der Waals surface area (Å²) < 4.78 is 97.7. The molecule has 0 atom stereocenters. The summed E-state index contributed by atoms with van der Waals surface area (Å²) in [5.41, 5.74) is 3.43. The fourth-order valence-corrected chi connectivity index (χ4v) is 3.08. The molecule has 3 N–H and O–H groups in total. The third-order valence-electron chi connectivity index (χ3n) is 4.58. The van der Waals surface area contributed by atoms with Crippen molar-refractivity contribution in [2.24, 2.45) is 5.73 Å². The molecule has 0 saturated carbocycles. The lowest BCUT2D eigenvalue weighted by Crippen LogP contribution is -2.17. The van der Waals surface area contributed by atoms with Gasteiger partial charge >= 0.3 is 12.5 Å². The summed E-state index contributed by atoms with van der Waals surface area (Å²) in [7, 11) is 2.17. The number of nitrogens with zero attached hydrogens (tertiary/aromatic N) is 1. The van der Waals surface area contributed by atoms with Crippen LogP contribution in [0.4, 0.5) is 32.0 Å². The van der Waals surface area contributed by atoms with Gasteiger partial charge in [0.05, 0.1) is 19.8 Å². The van der Waals surface area contributed by atoms with Crippen molar-refractivity contribution in [3.63, 3.8) is 0 Å². The van der Waals surface area contributed by atoms with Crippen LogP contribution in [0.25, 0.3) is 0 Å². The smallest absolute Gasteiger partial charge is 0.496 e. The van der Waals surface area contributed by atoms with Crippen LogP contribution in [-0.4, -0.2) is 37.9 Å². The fourth-order valence-electron chi connectivity index (χ4n) is 3.08. The van der Waals surface area contributed by atoms with E-state index < -0.39 is 46.8 Å². The topological polar surface area (TPSA) is 122 Å². The number of pyridine rings is 1. The largest absolute Gasteiger partial charge is 0.573 e. The van der Waals surface area contributed by atoms with Gasteiger partial charge in [0.2, 0.25) is 6.41 Å². The van der Waals surface area contributed by atoms with Gasteiger partial charge in [0.1, 0.15) is 22.8 Å².